The summed E-state index contributed by atoms with van der Waals surface area (Å²) in [5.74, 6) is -2.60. The summed E-state index contributed by atoms with van der Waals surface area (Å²) in [6.07, 6.45) is 0. The quantitative estimate of drug-likeness (QED) is 0.463. The standard InChI is InChI=1S/C21H14BrClF2N2O3/c1-30-19-7-4-13(26-20(28)14-5-2-11(22)8-16(14)24)10-18(19)27-21(29)15-6-3-12(23)9-17(15)25/h2-10H,1H3,(H,26,28)(H,27,29). The second-order valence-corrected chi connectivity index (χ2v) is 7.42. The molecule has 0 unspecified atom stereocenters. The summed E-state index contributed by atoms with van der Waals surface area (Å²) < 4.78 is 33.7. The molecule has 9 heteroatoms. The van der Waals surface area contributed by atoms with Crippen LogP contribution in [0.15, 0.2) is 59.1 Å². The number of anilines is 2. The first-order chi connectivity index (χ1) is 14.3. The highest BCUT2D eigenvalue weighted by molar-refractivity contribution is 9.10. The number of hydrogen-bond acceptors (Lipinski definition) is 3. The number of ether oxygens (including phenoxy) is 1. The molecule has 3 aromatic carbocycles. The SMILES string of the molecule is COc1ccc(NC(=O)c2ccc(Br)cc2F)cc1NC(=O)c1ccc(Cl)cc1F. The molecule has 154 valence electrons. The molecule has 2 N–H and O–H groups in total. The van der Waals surface area contributed by atoms with Gasteiger partial charge in [0.25, 0.3) is 11.8 Å². The predicted octanol–water partition coefficient (Wildman–Crippen LogP) is 5.89. The van der Waals surface area contributed by atoms with Crippen LogP contribution < -0.4 is 15.4 Å². The zero-order valence-corrected chi connectivity index (χ0v) is 17.8. The lowest BCUT2D eigenvalue weighted by atomic mass is 10.1. The minimum atomic E-state index is -0.783. The van der Waals surface area contributed by atoms with Crippen molar-refractivity contribution in [3.05, 3.63) is 86.9 Å². The Morgan fingerprint density at radius 3 is 2.17 bits per heavy atom. The zero-order valence-electron chi connectivity index (χ0n) is 15.4. The van der Waals surface area contributed by atoms with Crippen LogP contribution in [-0.4, -0.2) is 18.9 Å². The Morgan fingerprint density at radius 2 is 1.53 bits per heavy atom. The molecule has 0 aliphatic rings. The van der Waals surface area contributed by atoms with Crippen molar-refractivity contribution in [1.29, 1.82) is 0 Å². The van der Waals surface area contributed by atoms with E-state index in [-0.39, 0.29) is 33.3 Å². The van der Waals surface area contributed by atoms with Crippen molar-refractivity contribution in [2.45, 2.75) is 0 Å². The number of benzene rings is 3. The summed E-state index contributed by atoms with van der Waals surface area (Å²) in [6, 6.07) is 12.2. The highest BCUT2D eigenvalue weighted by atomic mass is 79.9. The van der Waals surface area contributed by atoms with Gasteiger partial charge < -0.3 is 15.4 Å². The van der Waals surface area contributed by atoms with Crippen LogP contribution >= 0.6 is 27.5 Å². The van der Waals surface area contributed by atoms with E-state index in [1.807, 2.05) is 0 Å². The van der Waals surface area contributed by atoms with Crippen LogP contribution in [0.2, 0.25) is 5.02 Å². The van der Waals surface area contributed by atoms with E-state index in [2.05, 4.69) is 26.6 Å². The van der Waals surface area contributed by atoms with Crippen LogP contribution in [0.25, 0.3) is 0 Å². The van der Waals surface area contributed by atoms with E-state index in [9.17, 15) is 18.4 Å². The van der Waals surface area contributed by atoms with Crippen LogP contribution in [0, 0.1) is 11.6 Å². The topological polar surface area (TPSA) is 67.4 Å². The fraction of sp³-hybridized carbons (Fsp3) is 0.0476. The second-order valence-electron chi connectivity index (χ2n) is 6.07. The van der Waals surface area contributed by atoms with Crippen molar-refractivity contribution in [3.8, 4) is 5.75 Å². The van der Waals surface area contributed by atoms with Gasteiger partial charge in [-0.3, -0.25) is 9.59 Å². The number of nitrogens with one attached hydrogen (secondary N) is 2. The maximum Gasteiger partial charge on any atom is 0.258 e. The van der Waals surface area contributed by atoms with Crippen LogP contribution in [-0.2, 0) is 0 Å². The molecule has 0 fully saturated rings. The van der Waals surface area contributed by atoms with E-state index in [1.165, 1.54) is 49.6 Å². The fourth-order valence-electron chi connectivity index (χ4n) is 2.62. The number of rotatable bonds is 5. The molecule has 0 saturated heterocycles. The third-order valence-corrected chi connectivity index (χ3v) is 4.79. The van der Waals surface area contributed by atoms with E-state index in [0.29, 0.717) is 4.47 Å². The molecule has 0 heterocycles. The van der Waals surface area contributed by atoms with E-state index in [0.717, 1.165) is 6.07 Å². The van der Waals surface area contributed by atoms with Gasteiger partial charge in [-0.15, -0.1) is 0 Å². The first-order valence-electron chi connectivity index (χ1n) is 8.49. The molecule has 0 radical (unpaired) electrons. The normalized spacial score (nSPS) is 10.4. The Kier molecular flexibility index (Phi) is 6.69. The molecule has 0 aromatic heterocycles. The highest BCUT2D eigenvalue weighted by Gasteiger charge is 2.17. The summed E-state index contributed by atoms with van der Waals surface area (Å²) in [5, 5.41) is 5.24. The number of halogens is 4. The zero-order chi connectivity index (χ0) is 21.8. The van der Waals surface area contributed by atoms with Gasteiger partial charge in [-0.2, -0.15) is 0 Å². The van der Waals surface area contributed by atoms with Gasteiger partial charge in [0.15, 0.2) is 0 Å². The summed E-state index contributed by atoms with van der Waals surface area (Å²) >= 11 is 8.84. The average molecular weight is 496 g/mol. The van der Waals surface area contributed by atoms with E-state index in [1.54, 1.807) is 6.07 Å². The third-order valence-electron chi connectivity index (χ3n) is 4.06. The van der Waals surface area contributed by atoms with Gasteiger partial charge in [-0.25, -0.2) is 8.78 Å². The van der Waals surface area contributed by atoms with Crippen LogP contribution in [0.5, 0.6) is 5.75 Å². The first kappa shape index (κ1) is 21.7. The largest absolute Gasteiger partial charge is 0.495 e. The van der Waals surface area contributed by atoms with Gasteiger partial charge >= 0.3 is 0 Å². The minimum Gasteiger partial charge on any atom is -0.495 e. The smallest absolute Gasteiger partial charge is 0.258 e. The van der Waals surface area contributed by atoms with Crippen molar-refractivity contribution in [2.75, 3.05) is 17.7 Å². The van der Waals surface area contributed by atoms with Gasteiger partial charge in [0.1, 0.15) is 17.4 Å². The summed E-state index contributed by atoms with van der Waals surface area (Å²) in [4.78, 5) is 24.8. The third kappa shape index (κ3) is 4.95. The van der Waals surface area contributed by atoms with Gasteiger partial charge in [-0.1, -0.05) is 27.5 Å². The Morgan fingerprint density at radius 1 is 0.900 bits per heavy atom. The fourth-order valence-corrected chi connectivity index (χ4v) is 3.11. The van der Waals surface area contributed by atoms with Gasteiger partial charge in [0, 0.05) is 15.2 Å². The van der Waals surface area contributed by atoms with E-state index < -0.39 is 23.4 Å². The molecule has 0 bridgehead atoms. The lowest BCUT2D eigenvalue weighted by Gasteiger charge is -2.13. The Balaban J connectivity index is 1.84. The van der Waals surface area contributed by atoms with Crippen molar-refractivity contribution >= 4 is 50.7 Å². The van der Waals surface area contributed by atoms with Crippen molar-refractivity contribution in [1.82, 2.24) is 0 Å². The monoisotopic (exact) mass is 494 g/mol. The Bertz CT molecular complexity index is 1140. The van der Waals surface area contributed by atoms with Gasteiger partial charge in [0.05, 0.1) is 23.9 Å². The van der Waals surface area contributed by atoms with Gasteiger partial charge in [-0.05, 0) is 54.6 Å². The Labute approximate surface area is 184 Å². The molecule has 0 atom stereocenters. The maximum atomic E-state index is 14.0. The molecule has 30 heavy (non-hydrogen) atoms. The number of methoxy groups -OCH3 is 1. The van der Waals surface area contributed by atoms with Crippen molar-refractivity contribution < 1.29 is 23.1 Å². The molecule has 2 amide bonds. The van der Waals surface area contributed by atoms with Crippen LogP contribution in [0.3, 0.4) is 0 Å². The summed E-state index contributed by atoms with van der Waals surface area (Å²) in [7, 11) is 1.39. The Hall–Kier alpha value is -2.97. The first-order valence-corrected chi connectivity index (χ1v) is 9.66. The van der Waals surface area contributed by atoms with Crippen LogP contribution in [0.4, 0.5) is 20.2 Å². The minimum absolute atomic E-state index is 0.150. The summed E-state index contributed by atoms with van der Waals surface area (Å²) in [6.45, 7) is 0. The van der Waals surface area contributed by atoms with Crippen molar-refractivity contribution in [2.24, 2.45) is 0 Å². The van der Waals surface area contributed by atoms with Gasteiger partial charge in [0.2, 0.25) is 0 Å². The summed E-state index contributed by atoms with van der Waals surface area (Å²) in [5.41, 5.74) is 0.0941. The second kappa shape index (κ2) is 9.23. The highest BCUT2D eigenvalue weighted by Crippen LogP contribution is 2.29. The number of hydrogen-bond donors (Lipinski definition) is 2. The molecule has 3 aromatic rings. The molecular formula is C21H14BrClF2N2O3. The lowest BCUT2D eigenvalue weighted by Crippen LogP contribution is -2.16. The predicted molar refractivity (Wildman–Crippen MR) is 114 cm³/mol. The average Bonchev–Trinajstić information content (AvgIpc) is 2.68. The molecule has 0 aliphatic carbocycles. The van der Waals surface area contributed by atoms with Crippen molar-refractivity contribution in [3.63, 3.8) is 0 Å². The molecular weight excluding hydrogens is 482 g/mol. The van der Waals surface area contributed by atoms with E-state index >= 15 is 0 Å². The molecule has 0 aliphatic heterocycles. The number of amides is 2. The molecule has 3 rings (SSSR count). The lowest BCUT2D eigenvalue weighted by molar-refractivity contribution is 0.101. The molecule has 0 saturated carbocycles. The molecule has 0 spiro atoms. The van der Waals surface area contributed by atoms with Crippen LogP contribution in [0.1, 0.15) is 20.7 Å². The molecule has 5 nitrogen and oxygen atoms in total. The number of carbonyl (C=O) groups excluding carboxylic acids is 2. The van der Waals surface area contributed by atoms with E-state index in [4.69, 9.17) is 16.3 Å². The number of carbonyl (C=O) groups is 2. The maximum absolute atomic E-state index is 14.0.